The van der Waals surface area contributed by atoms with E-state index in [1.54, 1.807) is 0 Å². The third-order valence-corrected chi connectivity index (χ3v) is 4.97. The first kappa shape index (κ1) is 16.0. The summed E-state index contributed by atoms with van der Waals surface area (Å²) in [6.45, 7) is 4.25. The van der Waals surface area contributed by atoms with Crippen LogP contribution in [0.3, 0.4) is 0 Å². The Hall–Kier alpha value is -2.46. The van der Waals surface area contributed by atoms with Gasteiger partial charge in [-0.3, -0.25) is 9.47 Å². The van der Waals surface area contributed by atoms with Gasteiger partial charge in [-0.25, -0.2) is 9.97 Å². The molecule has 0 N–H and O–H groups in total. The molecule has 1 aliphatic rings. The Bertz CT molecular complexity index is 825. The summed E-state index contributed by atoms with van der Waals surface area (Å²) in [5, 5.41) is 0. The molecule has 2 aromatic heterocycles. The molecule has 4 heteroatoms. The van der Waals surface area contributed by atoms with E-state index in [2.05, 4.69) is 69.9 Å². The Morgan fingerprint density at radius 3 is 2.80 bits per heavy atom. The van der Waals surface area contributed by atoms with Crippen molar-refractivity contribution in [3.05, 3.63) is 78.0 Å². The van der Waals surface area contributed by atoms with E-state index in [-0.39, 0.29) is 0 Å². The van der Waals surface area contributed by atoms with Gasteiger partial charge in [-0.2, -0.15) is 0 Å². The van der Waals surface area contributed by atoms with Crippen molar-refractivity contribution in [3.63, 3.8) is 0 Å². The van der Waals surface area contributed by atoms with Crippen LogP contribution < -0.4 is 0 Å². The molecule has 0 bridgehead atoms. The summed E-state index contributed by atoms with van der Waals surface area (Å²) < 4.78 is 2.10. The average molecular weight is 332 g/mol. The molecule has 1 aliphatic heterocycles. The highest BCUT2D eigenvalue weighted by molar-refractivity contribution is 5.28. The van der Waals surface area contributed by atoms with Gasteiger partial charge in [0.05, 0.1) is 11.7 Å². The number of hydrogen-bond donors (Lipinski definition) is 0. The predicted molar refractivity (Wildman–Crippen MR) is 99.6 cm³/mol. The molecule has 0 amide bonds. The number of hydrogen-bond acceptors (Lipinski definition) is 3. The monoisotopic (exact) mass is 332 g/mol. The summed E-state index contributed by atoms with van der Waals surface area (Å²) in [7, 11) is 0. The van der Waals surface area contributed by atoms with E-state index < -0.39 is 0 Å². The average Bonchev–Trinajstić information content (AvgIpc) is 3.32. The van der Waals surface area contributed by atoms with Crippen LogP contribution in [0.25, 0.3) is 5.82 Å². The number of aryl methyl sites for hydroxylation is 1. The fourth-order valence-corrected chi connectivity index (χ4v) is 3.73. The summed E-state index contributed by atoms with van der Waals surface area (Å²) in [6, 6.07) is 17.5. The number of aromatic nitrogens is 3. The molecular weight excluding hydrogens is 308 g/mol. The van der Waals surface area contributed by atoms with Crippen molar-refractivity contribution >= 4 is 0 Å². The van der Waals surface area contributed by atoms with Gasteiger partial charge in [0.1, 0.15) is 11.6 Å². The minimum absolute atomic E-state index is 0.397. The van der Waals surface area contributed by atoms with Crippen LogP contribution in [0.4, 0.5) is 0 Å². The second-order valence-electron chi connectivity index (χ2n) is 6.60. The number of pyridine rings is 1. The third kappa shape index (κ3) is 3.35. The summed E-state index contributed by atoms with van der Waals surface area (Å²) >= 11 is 0. The zero-order valence-corrected chi connectivity index (χ0v) is 14.7. The van der Waals surface area contributed by atoms with Gasteiger partial charge in [0, 0.05) is 25.4 Å². The van der Waals surface area contributed by atoms with Crippen molar-refractivity contribution in [2.24, 2.45) is 0 Å². The van der Waals surface area contributed by atoms with Crippen LogP contribution in [-0.4, -0.2) is 26.0 Å². The van der Waals surface area contributed by atoms with Gasteiger partial charge in [0.25, 0.3) is 0 Å². The molecule has 3 aromatic rings. The standard InChI is InChI=1S/C21H24N4/c1-2-20-22-13-15-25(20)21-12-6-10-18(23-21)19-11-7-14-24(19)16-17-8-4-3-5-9-17/h3-6,8-10,12-13,15,19H,2,7,11,14,16H2,1H3/t19-/m0/s1. The molecule has 25 heavy (non-hydrogen) atoms. The molecule has 1 atom stereocenters. The van der Waals surface area contributed by atoms with E-state index in [4.69, 9.17) is 4.98 Å². The van der Waals surface area contributed by atoms with Crippen LogP contribution >= 0.6 is 0 Å². The summed E-state index contributed by atoms with van der Waals surface area (Å²) in [5.74, 6) is 2.02. The molecule has 0 spiro atoms. The molecule has 4 nitrogen and oxygen atoms in total. The van der Waals surface area contributed by atoms with Crippen LogP contribution in [-0.2, 0) is 13.0 Å². The number of likely N-dealkylation sites (tertiary alicyclic amines) is 1. The summed E-state index contributed by atoms with van der Waals surface area (Å²) in [6.07, 6.45) is 7.16. The van der Waals surface area contributed by atoms with Gasteiger partial charge >= 0.3 is 0 Å². The Morgan fingerprint density at radius 1 is 1.08 bits per heavy atom. The lowest BCUT2D eigenvalue weighted by molar-refractivity contribution is 0.244. The van der Waals surface area contributed by atoms with Crippen molar-refractivity contribution in [3.8, 4) is 5.82 Å². The molecule has 1 aromatic carbocycles. The lowest BCUT2D eigenvalue weighted by Gasteiger charge is -2.24. The van der Waals surface area contributed by atoms with Crippen molar-refractivity contribution in [2.75, 3.05) is 6.54 Å². The van der Waals surface area contributed by atoms with Crippen molar-refractivity contribution in [1.82, 2.24) is 19.4 Å². The van der Waals surface area contributed by atoms with E-state index in [1.807, 2.05) is 12.4 Å². The maximum Gasteiger partial charge on any atom is 0.138 e. The Balaban J connectivity index is 1.59. The zero-order chi connectivity index (χ0) is 17.1. The lowest BCUT2D eigenvalue weighted by Crippen LogP contribution is -2.23. The second-order valence-corrected chi connectivity index (χ2v) is 6.60. The smallest absolute Gasteiger partial charge is 0.138 e. The highest BCUT2D eigenvalue weighted by Crippen LogP contribution is 2.32. The van der Waals surface area contributed by atoms with E-state index >= 15 is 0 Å². The molecule has 1 saturated heterocycles. The van der Waals surface area contributed by atoms with Crippen LogP contribution in [0.5, 0.6) is 0 Å². The first-order valence-corrected chi connectivity index (χ1v) is 9.12. The van der Waals surface area contributed by atoms with E-state index in [1.165, 1.54) is 24.1 Å². The third-order valence-electron chi connectivity index (χ3n) is 4.97. The molecule has 0 unspecified atom stereocenters. The van der Waals surface area contributed by atoms with Crippen molar-refractivity contribution < 1.29 is 0 Å². The van der Waals surface area contributed by atoms with Gasteiger partial charge in [0.2, 0.25) is 0 Å². The quantitative estimate of drug-likeness (QED) is 0.703. The SMILES string of the molecule is CCc1nccn1-c1cccc([C@@H]2CCCN2Cc2ccccc2)n1. The van der Waals surface area contributed by atoms with Gasteiger partial charge in [-0.1, -0.05) is 43.3 Å². The lowest BCUT2D eigenvalue weighted by atomic mass is 10.1. The largest absolute Gasteiger partial charge is 0.291 e. The minimum atomic E-state index is 0.397. The molecule has 1 fully saturated rings. The van der Waals surface area contributed by atoms with Gasteiger partial charge in [-0.15, -0.1) is 0 Å². The molecular formula is C21H24N4. The molecule has 128 valence electrons. The van der Waals surface area contributed by atoms with E-state index in [0.29, 0.717) is 6.04 Å². The first-order valence-electron chi connectivity index (χ1n) is 9.12. The molecule has 0 aliphatic carbocycles. The fourth-order valence-electron chi connectivity index (χ4n) is 3.73. The van der Waals surface area contributed by atoms with Crippen molar-refractivity contribution in [2.45, 2.75) is 38.8 Å². The van der Waals surface area contributed by atoms with Gasteiger partial charge in [-0.05, 0) is 37.1 Å². The molecule has 3 heterocycles. The molecule has 0 saturated carbocycles. The highest BCUT2D eigenvalue weighted by atomic mass is 15.2. The Labute approximate surface area is 149 Å². The summed E-state index contributed by atoms with van der Waals surface area (Å²) in [5.41, 5.74) is 2.54. The van der Waals surface area contributed by atoms with Crippen molar-refractivity contribution in [1.29, 1.82) is 0 Å². The van der Waals surface area contributed by atoms with Gasteiger partial charge in [0.15, 0.2) is 0 Å². The van der Waals surface area contributed by atoms with Gasteiger partial charge < -0.3 is 0 Å². The highest BCUT2D eigenvalue weighted by Gasteiger charge is 2.27. The summed E-state index contributed by atoms with van der Waals surface area (Å²) in [4.78, 5) is 12.0. The minimum Gasteiger partial charge on any atom is -0.291 e. The van der Waals surface area contributed by atoms with E-state index in [9.17, 15) is 0 Å². The number of rotatable bonds is 5. The fraction of sp³-hybridized carbons (Fsp3) is 0.333. The number of benzene rings is 1. The van der Waals surface area contributed by atoms with Crippen LogP contribution in [0.2, 0.25) is 0 Å². The Kier molecular flexibility index (Phi) is 4.61. The Morgan fingerprint density at radius 2 is 1.96 bits per heavy atom. The first-order chi connectivity index (χ1) is 12.3. The zero-order valence-electron chi connectivity index (χ0n) is 14.7. The van der Waals surface area contributed by atoms with Crippen LogP contribution in [0, 0.1) is 0 Å². The van der Waals surface area contributed by atoms with Crippen LogP contribution in [0.1, 0.15) is 42.9 Å². The molecule has 4 rings (SSSR count). The second kappa shape index (κ2) is 7.19. The topological polar surface area (TPSA) is 34.0 Å². The predicted octanol–water partition coefficient (Wildman–Crippen LogP) is 4.17. The maximum atomic E-state index is 4.98. The maximum absolute atomic E-state index is 4.98. The number of imidazole rings is 1. The normalized spacial score (nSPS) is 17.9. The van der Waals surface area contributed by atoms with E-state index in [0.717, 1.165) is 31.2 Å². The van der Waals surface area contributed by atoms with Crippen LogP contribution in [0.15, 0.2) is 60.9 Å². The number of nitrogens with zero attached hydrogens (tertiary/aromatic N) is 4. The molecule has 0 radical (unpaired) electrons.